The SMILES string of the molecule is CCc1cccc(Cc2ccccc2)c1NC(=O)CC(=O)OC. The Kier molecular flexibility index (Phi) is 5.92. The lowest BCUT2D eigenvalue weighted by atomic mass is 9.98. The maximum atomic E-state index is 12.0. The summed E-state index contributed by atoms with van der Waals surface area (Å²) in [5.41, 5.74) is 4.06. The van der Waals surface area contributed by atoms with E-state index in [0.717, 1.165) is 29.7 Å². The lowest BCUT2D eigenvalue weighted by molar-refractivity contribution is -0.142. The Hall–Kier alpha value is -2.62. The monoisotopic (exact) mass is 311 g/mol. The minimum Gasteiger partial charge on any atom is -0.469 e. The number of hydrogen-bond donors (Lipinski definition) is 1. The van der Waals surface area contributed by atoms with Crippen LogP contribution in [0.15, 0.2) is 48.5 Å². The van der Waals surface area contributed by atoms with Crippen LogP contribution in [0.2, 0.25) is 0 Å². The summed E-state index contributed by atoms with van der Waals surface area (Å²) in [4.78, 5) is 23.3. The Morgan fingerprint density at radius 1 is 1.00 bits per heavy atom. The number of hydrogen-bond acceptors (Lipinski definition) is 3. The Bertz CT molecular complexity index is 680. The highest BCUT2D eigenvalue weighted by Crippen LogP contribution is 2.25. The van der Waals surface area contributed by atoms with E-state index in [9.17, 15) is 9.59 Å². The molecule has 0 radical (unpaired) electrons. The van der Waals surface area contributed by atoms with Crippen molar-refractivity contribution < 1.29 is 14.3 Å². The van der Waals surface area contributed by atoms with Crippen LogP contribution in [0.5, 0.6) is 0 Å². The van der Waals surface area contributed by atoms with Crippen LogP contribution in [0.3, 0.4) is 0 Å². The van der Waals surface area contributed by atoms with Crippen LogP contribution in [-0.2, 0) is 27.2 Å². The van der Waals surface area contributed by atoms with Gasteiger partial charge in [0.15, 0.2) is 0 Å². The molecule has 0 fully saturated rings. The van der Waals surface area contributed by atoms with E-state index in [2.05, 4.69) is 22.2 Å². The van der Waals surface area contributed by atoms with Gasteiger partial charge in [-0.25, -0.2) is 0 Å². The molecule has 0 unspecified atom stereocenters. The Balaban J connectivity index is 2.25. The largest absolute Gasteiger partial charge is 0.469 e. The van der Waals surface area contributed by atoms with Crippen molar-refractivity contribution in [1.29, 1.82) is 0 Å². The number of rotatable bonds is 6. The first-order chi connectivity index (χ1) is 11.1. The van der Waals surface area contributed by atoms with Gasteiger partial charge in [0.1, 0.15) is 6.42 Å². The van der Waals surface area contributed by atoms with Crippen LogP contribution < -0.4 is 5.32 Å². The van der Waals surface area contributed by atoms with E-state index in [1.54, 1.807) is 0 Å². The van der Waals surface area contributed by atoms with Gasteiger partial charge in [0.05, 0.1) is 7.11 Å². The third-order valence-corrected chi connectivity index (χ3v) is 3.65. The highest BCUT2D eigenvalue weighted by molar-refractivity contribution is 6.02. The van der Waals surface area contributed by atoms with Gasteiger partial charge in [0.25, 0.3) is 0 Å². The average Bonchev–Trinajstić information content (AvgIpc) is 2.57. The molecule has 0 saturated heterocycles. The van der Waals surface area contributed by atoms with Crippen LogP contribution in [-0.4, -0.2) is 19.0 Å². The van der Waals surface area contributed by atoms with Crippen molar-refractivity contribution >= 4 is 17.6 Å². The number of methoxy groups -OCH3 is 1. The fourth-order valence-electron chi connectivity index (χ4n) is 2.46. The lowest BCUT2D eigenvalue weighted by Gasteiger charge is -2.15. The molecule has 4 nitrogen and oxygen atoms in total. The first-order valence-corrected chi connectivity index (χ1v) is 7.65. The zero-order valence-corrected chi connectivity index (χ0v) is 13.5. The zero-order valence-electron chi connectivity index (χ0n) is 13.5. The van der Waals surface area contributed by atoms with E-state index in [-0.39, 0.29) is 12.3 Å². The number of aryl methyl sites for hydroxylation is 1. The van der Waals surface area contributed by atoms with E-state index in [1.165, 1.54) is 12.7 Å². The highest BCUT2D eigenvalue weighted by atomic mass is 16.5. The summed E-state index contributed by atoms with van der Waals surface area (Å²) in [6, 6.07) is 16.1. The summed E-state index contributed by atoms with van der Waals surface area (Å²) >= 11 is 0. The number of benzene rings is 2. The molecule has 0 saturated carbocycles. The smallest absolute Gasteiger partial charge is 0.315 e. The van der Waals surface area contributed by atoms with Crippen molar-refractivity contribution in [2.75, 3.05) is 12.4 Å². The van der Waals surface area contributed by atoms with Crippen LogP contribution >= 0.6 is 0 Å². The number of nitrogens with one attached hydrogen (secondary N) is 1. The maximum Gasteiger partial charge on any atom is 0.315 e. The van der Waals surface area contributed by atoms with Crippen molar-refractivity contribution in [3.8, 4) is 0 Å². The third-order valence-electron chi connectivity index (χ3n) is 3.65. The number of para-hydroxylation sites is 1. The van der Waals surface area contributed by atoms with E-state index in [1.807, 2.05) is 43.3 Å². The molecule has 2 aromatic rings. The second kappa shape index (κ2) is 8.13. The third kappa shape index (κ3) is 4.68. The molecule has 1 N–H and O–H groups in total. The van der Waals surface area contributed by atoms with Crippen molar-refractivity contribution in [1.82, 2.24) is 0 Å². The fraction of sp³-hybridized carbons (Fsp3) is 0.263. The molecule has 0 bridgehead atoms. The van der Waals surface area contributed by atoms with Crippen LogP contribution in [0, 0.1) is 0 Å². The van der Waals surface area contributed by atoms with Crippen LogP contribution in [0.4, 0.5) is 5.69 Å². The normalized spacial score (nSPS) is 10.2. The Labute approximate surface area is 136 Å². The molecule has 2 aromatic carbocycles. The summed E-state index contributed by atoms with van der Waals surface area (Å²) in [5, 5.41) is 2.88. The van der Waals surface area contributed by atoms with Gasteiger partial charge in [-0.05, 0) is 29.5 Å². The van der Waals surface area contributed by atoms with Gasteiger partial charge in [-0.15, -0.1) is 0 Å². The van der Waals surface area contributed by atoms with Gasteiger partial charge in [-0.3, -0.25) is 9.59 Å². The molecule has 0 heterocycles. The first kappa shape index (κ1) is 16.7. The number of esters is 1. The standard InChI is InChI=1S/C19H21NO3/c1-3-15-10-7-11-16(12-14-8-5-4-6-9-14)19(15)20-17(21)13-18(22)23-2/h4-11H,3,12-13H2,1-2H3,(H,20,21). The maximum absolute atomic E-state index is 12.0. The molecule has 0 aliphatic rings. The molecule has 0 aliphatic heterocycles. The summed E-state index contributed by atoms with van der Waals surface area (Å²) < 4.78 is 4.54. The number of anilines is 1. The van der Waals surface area contributed by atoms with Crippen molar-refractivity contribution in [3.05, 3.63) is 65.2 Å². The minimum atomic E-state index is -0.541. The molecule has 0 spiro atoms. The van der Waals surface area contributed by atoms with E-state index in [4.69, 9.17) is 0 Å². The molecule has 0 aromatic heterocycles. The Morgan fingerprint density at radius 2 is 1.70 bits per heavy atom. The summed E-state index contributed by atoms with van der Waals surface area (Å²) in [7, 11) is 1.27. The molecule has 2 rings (SSSR count). The number of ether oxygens (including phenoxy) is 1. The topological polar surface area (TPSA) is 55.4 Å². The molecular formula is C19H21NO3. The van der Waals surface area contributed by atoms with Crippen LogP contribution in [0.25, 0.3) is 0 Å². The van der Waals surface area contributed by atoms with Crippen molar-refractivity contribution in [2.24, 2.45) is 0 Å². The second-order valence-corrected chi connectivity index (χ2v) is 5.27. The molecule has 0 aliphatic carbocycles. The summed E-state index contributed by atoms with van der Waals surface area (Å²) in [6.07, 6.45) is 1.25. The minimum absolute atomic E-state index is 0.278. The summed E-state index contributed by atoms with van der Waals surface area (Å²) in [5.74, 6) is -0.895. The molecule has 1 amide bonds. The van der Waals surface area contributed by atoms with Gasteiger partial charge in [0, 0.05) is 5.69 Å². The van der Waals surface area contributed by atoms with E-state index >= 15 is 0 Å². The van der Waals surface area contributed by atoms with Gasteiger partial charge >= 0.3 is 5.97 Å². The number of amides is 1. The Morgan fingerprint density at radius 3 is 2.35 bits per heavy atom. The highest BCUT2D eigenvalue weighted by Gasteiger charge is 2.14. The average molecular weight is 311 g/mol. The van der Waals surface area contributed by atoms with Crippen molar-refractivity contribution in [2.45, 2.75) is 26.2 Å². The number of carbonyl (C=O) groups excluding carboxylic acids is 2. The van der Waals surface area contributed by atoms with Gasteiger partial charge in [-0.1, -0.05) is 55.5 Å². The lowest BCUT2D eigenvalue weighted by Crippen LogP contribution is -2.19. The molecule has 4 heteroatoms. The number of carbonyl (C=O) groups is 2. The van der Waals surface area contributed by atoms with E-state index in [0.29, 0.717) is 0 Å². The molecule has 0 atom stereocenters. The van der Waals surface area contributed by atoms with E-state index < -0.39 is 5.97 Å². The van der Waals surface area contributed by atoms with Gasteiger partial charge in [0.2, 0.25) is 5.91 Å². The molecule has 120 valence electrons. The summed E-state index contributed by atoms with van der Waals surface area (Å²) in [6.45, 7) is 2.04. The first-order valence-electron chi connectivity index (χ1n) is 7.65. The zero-order chi connectivity index (χ0) is 16.7. The van der Waals surface area contributed by atoms with Crippen molar-refractivity contribution in [3.63, 3.8) is 0 Å². The van der Waals surface area contributed by atoms with Crippen LogP contribution in [0.1, 0.15) is 30.0 Å². The predicted octanol–water partition coefficient (Wildman–Crippen LogP) is 3.34. The predicted molar refractivity (Wildman–Crippen MR) is 90.3 cm³/mol. The second-order valence-electron chi connectivity index (χ2n) is 5.27. The molecular weight excluding hydrogens is 290 g/mol. The molecule has 23 heavy (non-hydrogen) atoms. The quantitative estimate of drug-likeness (QED) is 0.657. The fourth-order valence-corrected chi connectivity index (χ4v) is 2.46. The van der Waals surface area contributed by atoms with Gasteiger partial charge < -0.3 is 10.1 Å². The van der Waals surface area contributed by atoms with Gasteiger partial charge in [-0.2, -0.15) is 0 Å².